The number of halogens is 1. The zero-order valence-corrected chi connectivity index (χ0v) is 14.7. The topological polar surface area (TPSA) is 90.2 Å². The van der Waals surface area contributed by atoms with E-state index >= 15 is 0 Å². The fraction of sp³-hybridized carbons (Fsp3) is 0.182. The minimum Gasteiger partial charge on any atom is -0.507 e. The largest absolute Gasteiger partial charge is 0.507 e. The molecule has 0 bridgehead atoms. The first-order chi connectivity index (χ1) is 13.4. The molecule has 1 heterocycles. The van der Waals surface area contributed by atoms with Gasteiger partial charge in [0.25, 0.3) is 0 Å². The van der Waals surface area contributed by atoms with Crippen LogP contribution in [0.5, 0.6) is 23.0 Å². The fourth-order valence-corrected chi connectivity index (χ4v) is 4.37. The van der Waals surface area contributed by atoms with Crippen LogP contribution < -0.4 is 4.74 Å². The maximum Gasteiger partial charge on any atom is 0.157 e. The van der Waals surface area contributed by atoms with Crippen LogP contribution in [0.2, 0.25) is 0 Å². The number of fused-ring (bicyclic) bond motifs is 5. The van der Waals surface area contributed by atoms with E-state index in [0.717, 1.165) is 5.56 Å². The van der Waals surface area contributed by atoms with Crippen molar-refractivity contribution in [3.8, 4) is 34.1 Å². The van der Waals surface area contributed by atoms with Gasteiger partial charge in [-0.25, -0.2) is 4.39 Å². The average Bonchev–Trinajstić information content (AvgIpc) is 2.94. The summed E-state index contributed by atoms with van der Waals surface area (Å²) in [6, 6.07) is 11.9. The highest BCUT2D eigenvalue weighted by atomic mass is 19.1. The third-order valence-corrected chi connectivity index (χ3v) is 5.65. The number of phenols is 3. The van der Waals surface area contributed by atoms with Gasteiger partial charge in [-0.3, -0.25) is 0 Å². The quantitative estimate of drug-likeness (QED) is 0.486. The van der Waals surface area contributed by atoms with Gasteiger partial charge in [0.2, 0.25) is 0 Å². The molecule has 0 amide bonds. The predicted octanol–water partition coefficient (Wildman–Crippen LogP) is 3.42. The van der Waals surface area contributed by atoms with Crippen molar-refractivity contribution in [3.05, 3.63) is 71.0 Å². The number of hydrogen-bond acceptors (Lipinski definition) is 5. The van der Waals surface area contributed by atoms with Gasteiger partial charge in [-0.05, 0) is 47.0 Å². The molecule has 1 aliphatic heterocycles. The van der Waals surface area contributed by atoms with Gasteiger partial charge in [0.1, 0.15) is 29.5 Å². The van der Waals surface area contributed by atoms with E-state index in [1.54, 1.807) is 18.2 Å². The standard InChI is InChI=1S/C22H17FO5/c23-13-3-1-11(2-4-13)14-6-16-20(8-17(14)24)28-10-22(27)9-12-5-18(25)19(26)7-15(12)21(16)22/h1-8,21,24-27H,9-10H2/t21-,22-/m1/s1. The molecule has 3 aromatic rings. The summed E-state index contributed by atoms with van der Waals surface area (Å²) in [6.45, 7) is 0.0240. The Bertz CT molecular complexity index is 1110. The Balaban J connectivity index is 1.71. The highest BCUT2D eigenvalue weighted by Crippen LogP contribution is 2.54. The molecule has 0 unspecified atom stereocenters. The highest BCUT2D eigenvalue weighted by molar-refractivity contribution is 5.74. The second-order valence-corrected chi connectivity index (χ2v) is 7.46. The average molecular weight is 380 g/mol. The highest BCUT2D eigenvalue weighted by Gasteiger charge is 2.50. The molecule has 3 aromatic carbocycles. The summed E-state index contributed by atoms with van der Waals surface area (Å²) in [5.74, 6) is -0.925. The van der Waals surface area contributed by atoms with Gasteiger partial charge in [0.15, 0.2) is 11.5 Å². The van der Waals surface area contributed by atoms with Crippen LogP contribution in [0.4, 0.5) is 4.39 Å². The number of phenolic OH excluding ortho intramolecular Hbond substituents is 3. The number of benzene rings is 3. The molecule has 1 aliphatic carbocycles. The Kier molecular flexibility index (Phi) is 3.39. The number of hydrogen-bond donors (Lipinski definition) is 4. The normalized spacial score (nSPS) is 22.1. The molecular weight excluding hydrogens is 363 g/mol. The predicted molar refractivity (Wildman–Crippen MR) is 99.3 cm³/mol. The molecule has 0 fully saturated rings. The zero-order valence-electron chi connectivity index (χ0n) is 14.7. The van der Waals surface area contributed by atoms with E-state index in [1.807, 2.05) is 0 Å². The van der Waals surface area contributed by atoms with Crippen LogP contribution in [-0.2, 0) is 6.42 Å². The van der Waals surface area contributed by atoms with Crippen molar-refractivity contribution in [2.24, 2.45) is 0 Å². The Morgan fingerprint density at radius 3 is 2.36 bits per heavy atom. The first-order valence-electron chi connectivity index (χ1n) is 8.88. The molecule has 4 N–H and O–H groups in total. The van der Waals surface area contributed by atoms with Crippen molar-refractivity contribution < 1.29 is 29.6 Å². The van der Waals surface area contributed by atoms with Gasteiger partial charge in [-0.15, -0.1) is 0 Å². The molecule has 142 valence electrons. The number of aliphatic hydroxyl groups is 1. The van der Waals surface area contributed by atoms with Crippen LogP contribution in [0.15, 0.2) is 48.5 Å². The molecular formula is C22H17FO5. The van der Waals surface area contributed by atoms with Gasteiger partial charge in [-0.1, -0.05) is 12.1 Å². The van der Waals surface area contributed by atoms with Crippen molar-refractivity contribution >= 4 is 0 Å². The molecule has 0 radical (unpaired) electrons. The fourth-order valence-electron chi connectivity index (χ4n) is 4.37. The number of rotatable bonds is 1. The Hall–Kier alpha value is -3.25. The summed E-state index contributed by atoms with van der Waals surface area (Å²) in [7, 11) is 0. The second-order valence-electron chi connectivity index (χ2n) is 7.46. The van der Waals surface area contributed by atoms with E-state index in [9.17, 15) is 24.8 Å². The summed E-state index contributed by atoms with van der Waals surface area (Å²) in [5, 5.41) is 41.5. The summed E-state index contributed by atoms with van der Waals surface area (Å²) < 4.78 is 19.0. The van der Waals surface area contributed by atoms with Gasteiger partial charge in [0, 0.05) is 29.5 Å². The van der Waals surface area contributed by atoms with Crippen LogP contribution in [0.1, 0.15) is 22.6 Å². The van der Waals surface area contributed by atoms with E-state index in [1.165, 1.54) is 30.3 Å². The maximum atomic E-state index is 13.3. The van der Waals surface area contributed by atoms with Crippen molar-refractivity contribution in [2.75, 3.05) is 6.61 Å². The molecule has 2 atom stereocenters. The first kappa shape index (κ1) is 16.9. The lowest BCUT2D eigenvalue weighted by atomic mass is 9.79. The van der Waals surface area contributed by atoms with Crippen molar-refractivity contribution in [2.45, 2.75) is 17.9 Å². The molecule has 0 aromatic heterocycles. The van der Waals surface area contributed by atoms with Gasteiger partial charge >= 0.3 is 0 Å². The third kappa shape index (κ3) is 2.34. The van der Waals surface area contributed by atoms with Gasteiger partial charge in [-0.2, -0.15) is 0 Å². The minimum atomic E-state index is -1.23. The van der Waals surface area contributed by atoms with E-state index in [2.05, 4.69) is 0 Å². The molecule has 0 saturated heterocycles. The minimum absolute atomic E-state index is 0.0115. The molecule has 5 rings (SSSR count). The lowest BCUT2D eigenvalue weighted by Gasteiger charge is -2.37. The summed E-state index contributed by atoms with van der Waals surface area (Å²) >= 11 is 0. The monoisotopic (exact) mass is 380 g/mol. The second kappa shape index (κ2) is 5.62. The number of ether oxygens (including phenoxy) is 1. The number of aromatic hydroxyl groups is 3. The van der Waals surface area contributed by atoms with E-state index in [-0.39, 0.29) is 36.1 Å². The van der Waals surface area contributed by atoms with E-state index < -0.39 is 11.5 Å². The first-order valence-corrected chi connectivity index (χ1v) is 8.88. The molecule has 28 heavy (non-hydrogen) atoms. The van der Waals surface area contributed by atoms with Crippen LogP contribution >= 0.6 is 0 Å². The summed E-state index contributed by atoms with van der Waals surface area (Å²) in [4.78, 5) is 0. The SMILES string of the molecule is Oc1cc2c(cc1O)[C@@H]1c3cc(-c4ccc(F)cc4)c(O)cc3OC[C@]1(O)C2. The van der Waals surface area contributed by atoms with Crippen LogP contribution in [0, 0.1) is 5.82 Å². The van der Waals surface area contributed by atoms with Gasteiger partial charge in [0.05, 0.1) is 0 Å². The summed E-state index contributed by atoms with van der Waals surface area (Å²) in [5.41, 5.74) is 1.99. The third-order valence-electron chi connectivity index (χ3n) is 5.65. The summed E-state index contributed by atoms with van der Waals surface area (Å²) in [6.07, 6.45) is 0.271. The molecule has 0 spiro atoms. The van der Waals surface area contributed by atoms with Crippen molar-refractivity contribution in [1.29, 1.82) is 0 Å². The maximum absolute atomic E-state index is 13.3. The Labute approximate surface area is 159 Å². The smallest absolute Gasteiger partial charge is 0.157 e. The zero-order chi connectivity index (χ0) is 19.6. The van der Waals surface area contributed by atoms with E-state index in [4.69, 9.17) is 4.74 Å². The molecule has 6 heteroatoms. The van der Waals surface area contributed by atoms with Crippen molar-refractivity contribution in [1.82, 2.24) is 0 Å². The lowest BCUT2D eigenvalue weighted by molar-refractivity contribution is -0.0218. The Morgan fingerprint density at radius 1 is 0.893 bits per heavy atom. The molecule has 0 saturated carbocycles. The van der Waals surface area contributed by atoms with Crippen molar-refractivity contribution in [3.63, 3.8) is 0 Å². The van der Waals surface area contributed by atoms with Crippen LogP contribution in [-0.4, -0.2) is 32.6 Å². The van der Waals surface area contributed by atoms with Gasteiger partial charge < -0.3 is 25.2 Å². The van der Waals surface area contributed by atoms with Crippen LogP contribution in [0.3, 0.4) is 0 Å². The lowest BCUT2D eigenvalue weighted by Crippen LogP contribution is -2.43. The molecule has 5 nitrogen and oxygen atoms in total. The Morgan fingerprint density at radius 2 is 1.61 bits per heavy atom. The van der Waals surface area contributed by atoms with Crippen LogP contribution in [0.25, 0.3) is 11.1 Å². The molecule has 2 aliphatic rings. The van der Waals surface area contributed by atoms with E-state index in [0.29, 0.717) is 28.0 Å².